The Labute approximate surface area is 81.2 Å². The average molecular weight is 209 g/mol. The zero-order chi connectivity index (χ0) is 9.56. The van der Waals surface area contributed by atoms with Crippen LogP contribution in [0.1, 0.15) is 13.3 Å². The molecule has 5 heteroatoms. The molecule has 0 fully saturated rings. The summed E-state index contributed by atoms with van der Waals surface area (Å²) in [7, 11) is -0.850. The van der Waals surface area contributed by atoms with E-state index >= 15 is 0 Å². The molecule has 0 aromatic rings. The summed E-state index contributed by atoms with van der Waals surface area (Å²) in [4.78, 5) is 11.0. The molecule has 1 amide bonds. The van der Waals surface area contributed by atoms with Crippen LogP contribution in [0.4, 0.5) is 0 Å². The quantitative estimate of drug-likeness (QED) is 0.635. The van der Waals surface area contributed by atoms with Gasteiger partial charge in [0, 0.05) is 35.3 Å². The zero-order valence-corrected chi connectivity index (χ0v) is 9.08. The van der Waals surface area contributed by atoms with Gasteiger partial charge in [-0.25, -0.2) is 0 Å². The van der Waals surface area contributed by atoms with Gasteiger partial charge in [0.05, 0.1) is 0 Å². The Morgan fingerprint density at radius 1 is 1.67 bits per heavy atom. The molecule has 0 saturated carbocycles. The van der Waals surface area contributed by atoms with E-state index in [9.17, 15) is 9.00 Å². The number of carbonyl (C=O) groups is 1. The van der Waals surface area contributed by atoms with Crippen LogP contribution in [-0.4, -0.2) is 33.9 Å². The molecule has 12 heavy (non-hydrogen) atoms. The maximum Gasteiger partial charge on any atom is 0.221 e. The van der Waals surface area contributed by atoms with Crippen LogP contribution in [0.2, 0.25) is 0 Å². The SMILES string of the molecule is CC(CS(C)=O)NC(=O)CCS. The van der Waals surface area contributed by atoms with Gasteiger partial charge in [-0.3, -0.25) is 9.00 Å². The molecule has 0 rings (SSSR count). The van der Waals surface area contributed by atoms with Gasteiger partial charge >= 0.3 is 0 Å². The minimum absolute atomic E-state index is 0.0109. The molecule has 1 N–H and O–H groups in total. The summed E-state index contributed by atoms with van der Waals surface area (Å²) in [6.45, 7) is 1.85. The van der Waals surface area contributed by atoms with Gasteiger partial charge in [0.25, 0.3) is 0 Å². The van der Waals surface area contributed by atoms with E-state index in [1.54, 1.807) is 6.26 Å². The van der Waals surface area contributed by atoms with Crippen LogP contribution in [-0.2, 0) is 15.6 Å². The molecule has 0 aliphatic rings. The van der Waals surface area contributed by atoms with Crippen molar-refractivity contribution in [2.24, 2.45) is 0 Å². The third kappa shape index (κ3) is 6.67. The highest BCUT2D eigenvalue weighted by Crippen LogP contribution is 1.89. The second-order valence-electron chi connectivity index (χ2n) is 2.68. The van der Waals surface area contributed by atoms with Crippen molar-refractivity contribution in [2.75, 3.05) is 17.8 Å². The minimum Gasteiger partial charge on any atom is -0.353 e. The Kier molecular flexibility index (Phi) is 6.47. The van der Waals surface area contributed by atoms with Gasteiger partial charge in [-0.2, -0.15) is 12.6 Å². The lowest BCUT2D eigenvalue weighted by Gasteiger charge is -2.11. The van der Waals surface area contributed by atoms with Gasteiger partial charge < -0.3 is 5.32 Å². The van der Waals surface area contributed by atoms with Crippen LogP contribution in [0.15, 0.2) is 0 Å². The Bertz CT molecular complexity index is 173. The molecule has 0 aliphatic carbocycles. The van der Waals surface area contributed by atoms with Crippen molar-refractivity contribution in [3.8, 4) is 0 Å². The smallest absolute Gasteiger partial charge is 0.221 e. The van der Waals surface area contributed by atoms with Crippen LogP contribution in [0.25, 0.3) is 0 Å². The van der Waals surface area contributed by atoms with E-state index in [2.05, 4.69) is 17.9 Å². The molecular formula is C7H15NO2S2. The van der Waals surface area contributed by atoms with Gasteiger partial charge in [0.2, 0.25) is 5.91 Å². The summed E-state index contributed by atoms with van der Waals surface area (Å²) in [5, 5.41) is 2.73. The van der Waals surface area contributed by atoms with Crippen molar-refractivity contribution < 1.29 is 9.00 Å². The highest BCUT2D eigenvalue weighted by Gasteiger charge is 2.07. The number of carbonyl (C=O) groups excluding carboxylic acids is 1. The van der Waals surface area contributed by atoms with Crippen LogP contribution >= 0.6 is 12.6 Å². The first-order chi connectivity index (χ1) is 5.56. The Balaban J connectivity index is 3.61. The second-order valence-corrected chi connectivity index (χ2v) is 4.61. The fraction of sp³-hybridized carbons (Fsp3) is 0.857. The average Bonchev–Trinajstić information content (AvgIpc) is 1.84. The van der Waals surface area contributed by atoms with E-state index < -0.39 is 10.8 Å². The first kappa shape index (κ1) is 12.0. The second kappa shape index (κ2) is 6.48. The third-order valence-corrected chi connectivity index (χ3v) is 2.42. The maximum atomic E-state index is 11.0. The summed E-state index contributed by atoms with van der Waals surface area (Å²) < 4.78 is 10.7. The molecule has 72 valence electrons. The summed E-state index contributed by atoms with van der Waals surface area (Å²) in [6, 6.07) is -0.0109. The number of amides is 1. The van der Waals surface area contributed by atoms with Gasteiger partial charge in [-0.1, -0.05) is 0 Å². The molecule has 0 saturated heterocycles. The molecule has 0 bridgehead atoms. The molecule has 0 radical (unpaired) electrons. The molecular weight excluding hydrogens is 194 g/mol. The van der Waals surface area contributed by atoms with Crippen molar-refractivity contribution in [1.29, 1.82) is 0 Å². The normalized spacial score (nSPS) is 15.2. The van der Waals surface area contributed by atoms with Gasteiger partial charge in [0.1, 0.15) is 0 Å². The number of hydrogen-bond acceptors (Lipinski definition) is 3. The minimum atomic E-state index is -0.850. The van der Waals surface area contributed by atoms with Crippen molar-refractivity contribution >= 4 is 29.3 Å². The first-order valence-corrected chi connectivity index (χ1v) is 6.12. The van der Waals surface area contributed by atoms with Gasteiger partial charge in [0.15, 0.2) is 0 Å². The molecule has 0 aromatic heterocycles. The van der Waals surface area contributed by atoms with Crippen LogP contribution in [0.3, 0.4) is 0 Å². The lowest BCUT2D eigenvalue weighted by Crippen LogP contribution is -2.36. The molecule has 2 atom stereocenters. The van der Waals surface area contributed by atoms with Gasteiger partial charge in [-0.15, -0.1) is 0 Å². The molecule has 0 aliphatic heterocycles. The fourth-order valence-corrected chi connectivity index (χ4v) is 1.83. The van der Waals surface area contributed by atoms with Crippen molar-refractivity contribution in [3.63, 3.8) is 0 Å². The molecule has 3 nitrogen and oxygen atoms in total. The standard InChI is InChI=1S/C7H15NO2S2/c1-6(5-12(2)10)8-7(9)3-4-11/h6,11H,3-5H2,1-2H3,(H,8,9). The first-order valence-electron chi connectivity index (χ1n) is 3.76. The maximum absolute atomic E-state index is 11.0. The van der Waals surface area contributed by atoms with E-state index in [0.29, 0.717) is 17.9 Å². The molecule has 0 heterocycles. The summed E-state index contributed by atoms with van der Waals surface area (Å²) >= 11 is 3.93. The predicted molar refractivity (Wildman–Crippen MR) is 55.0 cm³/mol. The van der Waals surface area contributed by atoms with Crippen molar-refractivity contribution in [1.82, 2.24) is 5.32 Å². The predicted octanol–water partition coefficient (Wildman–Crippen LogP) is 0.190. The van der Waals surface area contributed by atoms with Gasteiger partial charge in [-0.05, 0) is 12.7 Å². The van der Waals surface area contributed by atoms with Crippen LogP contribution in [0, 0.1) is 0 Å². The number of hydrogen-bond donors (Lipinski definition) is 2. The fourth-order valence-electron chi connectivity index (χ4n) is 0.842. The van der Waals surface area contributed by atoms with Crippen LogP contribution in [0.5, 0.6) is 0 Å². The molecule has 2 unspecified atom stereocenters. The van der Waals surface area contributed by atoms with E-state index in [-0.39, 0.29) is 11.9 Å². The largest absolute Gasteiger partial charge is 0.353 e. The van der Waals surface area contributed by atoms with E-state index in [0.717, 1.165) is 0 Å². The summed E-state index contributed by atoms with van der Waals surface area (Å²) in [5.41, 5.74) is 0. The van der Waals surface area contributed by atoms with Crippen molar-refractivity contribution in [2.45, 2.75) is 19.4 Å². The number of rotatable bonds is 5. The lowest BCUT2D eigenvalue weighted by molar-refractivity contribution is -0.121. The zero-order valence-electron chi connectivity index (χ0n) is 7.37. The monoisotopic (exact) mass is 209 g/mol. The van der Waals surface area contributed by atoms with Crippen LogP contribution < -0.4 is 5.32 Å². The highest BCUT2D eigenvalue weighted by atomic mass is 32.2. The summed E-state index contributed by atoms with van der Waals surface area (Å²) in [5.74, 6) is 1.04. The Morgan fingerprint density at radius 2 is 2.25 bits per heavy atom. The Hall–Kier alpha value is -0.0300. The topological polar surface area (TPSA) is 46.2 Å². The lowest BCUT2D eigenvalue weighted by atomic mass is 10.3. The highest BCUT2D eigenvalue weighted by molar-refractivity contribution is 7.84. The third-order valence-electron chi connectivity index (χ3n) is 1.23. The van der Waals surface area contributed by atoms with E-state index in [1.165, 1.54) is 0 Å². The van der Waals surface area contributed by atoms with E-state index in [4.69, 9.17) is 0 Å². The van der Waals surface area contributed by atoms with E-state index in [1.807, 2.05) is 6.92 Å². The van der Waals surface area contributed by atoms with Crippen molar-refractivity contribution in [3.05, 3.63) is 0 Å². The number of nitrogens with one attached hydrogen (secondary N) is 1. The number of thiol groups is 1. The molecule has 0 aromatic carbocycles. The molecule has 0 spiro atoms. The Morgan fingerprint density at radius 3 is 2.67 bits per heavy atom. The summed E-state index contributed by atoms with van der Waals surface area (Å²) in [6.07, 6.45) is 2.05.